The zero-order valence-corrected chi connectivity index (χ0v) is 11.5. The Balaban J connectivity index is 2.30. The zero-order valence-electron chi connectivity index (χ0n) is 11.5. The van der Waals surface area contributed by atoms with Crippen molar-refractivity contribution in [2.45, 2.75) is 32.0 Å². The fraction of sp³-hybridized carbons (Fsp3) is 0.500. The van der Waals surface area contributed by atoms with Crippen molar-refractivity contribution in [1.82, 2.24) is 4.90 Å². The maximum absolute atomic E-state index is 13.7. The molecule has 0 bridgehead atoms. The largest absolute Gasteiger partial charge is 0.406 e. The molecule has 3 nitrogen and oxygen atoms in total. The highest BCUT2D eigenvalue weighted by molar-refractivity contribution is 5.95. The first-order chi connectivity index (χ1) is 9.69. The number of hydrogen-bond acceptors (Lipinski definition) is 2. The van der Waals surface area contributed by atoms with Gasteiger partial charge >= 0.3 is 6.18 Å². The highest BCUT2D eigenvalue weighted by Crippen LogP contribution is 2.37. The minimum absolute atomic E-state index is 0.0421. The van der Waals surface area contributed by atoms with Crippen LogP contribution in [0.2, 0.25) is 0 Å². The average molecular weight is 304 g/mol. The van der Waals surface area contributed by atoms with Crippen molar-refractivity contribution in [2.75, 3.05) is 12.3 Å². The predicted octanol–water partition coefficient (Wildman–Crippen LogP) is 3.21. The van der Waals surface area contributed by atoms with Crippen molar-refractivity contribution < 1.29 is 22.4 Å². The Kier molecular flexibility index (Phi) is 4.11. The minimum atomic E-state index is -4.53. The molecule has 1 aliphatic carbocycles. The van der Waals surface area contributed by atoms with Gasteiger partial charge in [-0.15, -0.1) is 0 Å². The number of nitrogens with zero attached hydrogens (tertiary/aromatic N) is 1. The third-order valence-corrected chi connectivity index (χ3v) is 3.63. The summed E-state index contributed by atoms with van der Waals surface area (Å²) < 4.78 is 51.8. The Morgan fingerprint density at radius 2 is 2.05 bits per heavy atom. The van der Waals surface area contributed by atoms with Gasteiger partial charge in [0.25, 0.3) is 5.91 Å². The van der Waals surface area contributed by atoms with Crippen LogP contribution in [0.5, 0.6) is 0 Å². The Labute approximate surface area is 119 Å². The van der Waals surface area contributed by atoms with Crippen LogP contribution in [0.1, 0.15) is 30.1 Å². The molecule has 2 N–H and O–H groups in total. The van der Waals surface area contributed by atoms with Crippen LogP contribution in [0.25, 0.3) is 0 Å². The number of nitrogens with two attached hydrogens (primary N) is 1. The van der Waals surface area contributed by atoms with Crippen molar-refractivity contribution in [1.29, 1.82) is 0 Å². The third kappa shape index (κ3) is 3.86. The van der Waals surface area contributed by atoms with Gasteiger partial charge in [-0.2, -0.15) is 13.2 Å². The van der Waals surface area contributed by atoms with Gasteiger partial charge in [0.2, 0.25) is 0 Å². The number of anilines is 1. The van der Waals surface area contributed by atoms with Crippen LogP contribution >= 0.6 is 0 Å². The number of amides is 1. The van der Waals surface area contributed by atoms with E-state index in [1.807, 2.05) is 0 Å². The maximum atomic E-state index is 13.7. The van der Waals surface area contributed by atoms with Crippen LogP contribution < -0.4 is 5.73 Å². The van der Waals surface area contributed by atoms with Gasteiger partial charge in [0, 0.05) is 11.7 Å². The van der Waals surface area contributed by atoms with Gasteiger partial charge < -0.3 is 10.6 Å². The maximum Gasteiger partial charge on any atom is 0.406 e. The predicted molar refractivity (Wildman–Crippen MR) is 70.1 cm³/mol. The fourth-order valence-electron chi connectivity index (χ4n) is 2.29. The van der Waals surface area contributed by atoms with Crippen LogP contribution in [0, 0.1) is 11.7 Å². The summed E-state index contributed by atoms with van der Waals surface area (Å²) in [6, 6.07) is 2.72. The van der Waals surface area contributed by atoms with Gasteiger partial charge in [0.1, 0.15) is 12.4 Å². The van der Waals surface area contributed by atoms with E-state index < -0.39 is 36.1 Å². The normalized spacial score (nSPS) is 16.6. The molecule has 21 heavy (non-hydrogen) atoms. The summed E-state index contributed by atoms with van der Waals surface area (Å²) >= 11 is 0. The van der Waals surface area contributed by atoms with Gasteiger partial charge in [-0.25, -0.2) is 4.39 Å². The molecule has 1 saturated carbocycles. The lowest BCUT2D eigenvalue weighted by Gasteiger charge is -2.30. The highest BCUT2D eigenvalue weighted by Gasteiger charge is 2.41. The Morgan fingerprint density at radius 1 is 1.43 bits per heavy atom. The summed E-state index contributed by atoms with van der Waals surface area (Å²) in [5.74, 6) is -1.80. The van der Waals surface area contributed by atoms with E-state index in [1.54, 1.807) is 6.92 Å². The summed E-state index contributed by atoms with van der Waals surface area (Å²) in [6.45, 7) is 0.170. The van der Waals surface area contributed by atoms with Gasteiger partial charge in [0.05, 0.1) is 5.56 Å². The number of carbonyl (C=O) groups is 1. The number of halogens is 4. The second kappa shape index (κ2) is 5.54. The zero-order chi connectivity index (χ0) is 15.8. The van der Waals surface area contributed by atoms with E-state index >= 15 is 0 Å². The van der Waals surface area contributed by atoms with E-state index in [1.165, 1.54) is 6.07 Å². The molecule has 0 aliphatic heterocycles. The van der Waals surface area contributed by atoms with Crippen molar-refractivity contribution in [2.24, 2.45) is 5.92 Å². The monoisotopic (exact) mass is 304 g/mol. The molecule has 1 fully saturated rings. The molecule has 1 aromatic carbocycles. The molecule has 2 rings (SSSR count). The van der Waals surface area contributed by atoms with Gasteiger partial charge in [-0.05, 0) is 43.9 Å². The molecule has 1 aliphatic rings. The molecule has 0 saturated heterocycles. The number of hydrogen-bond donors (Lipinski definition) is 1. The van der Waals surface area contributed by atoms with Crippen LogP contribution in [0.3, 0.4) is 0 Å². The molecule has 1 atom stereocenters. The van der Waals surface area contributed by atoms with Gasteiger partial charge in [-0.1, -0.05) is 0 Å². The highest BCUT2D eigenvalue weighted by atomic mass is 19.4. The summed E-state index contributed by atoms with van der Waals surface area (Å²) in [7, 11) is 0. The van der Waals surface area contributed by atoms with E-state index in [9.17, 15) is 22.4 Å². The molecule has 0 radical (unpaired) electrons. The fourth-order valence-corrected chi connectivity index (χ4v) is 2.29. The number of carbonyl (C=O) groups excluding carboxylic acids is 1. The molecule has 116 valence electrons. The lowest BCUT2D eigenvalue weighted by Crippen LogP contribution is -2.45. The van der Waals surface area contributed by atoms with Crippen LogP contribution in [-0.2, 0) is 0 Å². The van der Waals surface area contributed by atoms with Crippen LogP contribution in [0.4, 0.5) is 23.2 Å². The topological polar surface area (TPSA) is 46.3 Å². The number of rotatable bonds is 4. The van der Waals surface area contributed by atoms with Gasteiger partial charge in [0.15, 0.2) is 0 Å². The number of nitrogen functional groups attached to an aromatic ring is 1. The molecular weight excluding hydrogens is 288 g/mol. The summed E-state index contributed by atoms with van der Waals surface area (Å²) in [5, 5.41) is 0. The molecule has 1 aromatic rings. The smallest absolute Gasteiger partial charge is 0.399 e. The summed E-state index contributed by atoms with van der Waals surface area (Å²) in [6.07, 6.45) is -2.97. The summed E-state index contributed by atoms with van der Waals surface area (Å²) in [5.41, 5.74) is 5.19. The van der Waals surface area contributed by atoms with Crippen molar-refractivity contribution in [3.63, 3.8) is 0 Å². The molecule has 1 amide bonds. The van der Waals surface area contributed by atoms with Gasteiger partial charge in [-0.3, -0.25) is 4.79 Å². The van der Waals surface area contributed by atoms with Crippen LogP contribution in [-0.4, -0.2) is 29.6 Å². The SMILES string of the molecule is CC(C1CC1)N(CC(F)(F)F)C(=O)c1cc(N)ccc1F. The second-order valence-corrected chi connectivity index (χ2v) is 5.37. The first kappa shape index (κ1) is 15.6. The lowest BCUT2D eigenvalue weighted by atomic mass is 10.1. The lowest BCUT2D eigenvalue weighted by molar-refractivity contribution is -0.144. The molecule has 1 unspecified atom stereocenters. The molecule has 7 heteroatoms. The quantitative estimate of drug-likeness (QED) is 0.686. The second-order valence-electron chi connectivity index (χ2n) is 5.37. The first-order valence-corrected chi connectivity index (χ1v) is 6.62. The van der Waals surface area contributed by atoms with E-state index in [2.05, 4.69) is 0 Å². The van der Waals surface area contributed by atoms with Crippen molar-refractivity contribution in [3.8, 4) is 0 Å². The summed E-state index contributed by atoms with van der Waals surface area (Å²) in [4.78, 5) is 13.0. The number of alkyl halides is 3. The molecule has 0 aromatic heterocycles. The Bertz CT molecular complexity index is 540. The molecular formula is C14H16F4N2O. The van der Waals surface area contributed by atoms with E-state index in [-0.39, 0.29) is 11.6 Å². The van der Waals surface area contributed by atoms with Crippen molar-refractivity contribution >= 4 is 11.6 Å². The standard InChI is InChI=1S/C14H16F4N2O/c1-8(9-2-3-9)20(7-14(16,17)18)13(21)11-6-10(19)4-5-12(11)15/h4-6,8-9H,2-3,7,19H2,1H3. The van der Waals surface area contributed by atoms with E-state index in [0.29, 0.717) is 4.90 Å². The number of benzene rings is 1. The van der Waals surface area contributed by atoms with E-state index in [0.717, 1.165) is 25.0 Å². The first-order valence-electron chi connectivity index (χ1n) is 6.62. The van der Waals surface area contributed by atoms with E-state index in [4.69, 9.17) is 5.73 Å². The minimum Gasteiger partial charge on any atom is -0.399 e. The van der Waals surface area contributed by atoms with Crippen LogP contribution in [0.15, 0.2) is 18.2 Å². The average Bonchev–Trinajstić information content (AvgIpc) is 3.20. The Hall–Kier alpha value is -1.79. The third-order valence-electron chi connectivity index (χ3n) is 3.63. The molecule has 0 spiro atoms. The Morgan fingerprint density at radius 3 is 2.57 bits per heavy atom. The van der Waals surface area contributed by atoms with Crippen molar-refractivity contribution in [3.05, 3.63) is 29.6 Å². The molecule has 0 heterocycles.